The number of rotatable bonds is 3. The van der Waals surface area contributed by atoms with E-state index in [2.05, 4.69) is 11.9 Å². The Bertz CT molecular complexity index is 173. The van der Waals surface area contributed by atoms with Crippen LogP contribution in [-0.4, -0.2) is 25.2 Å². The number of carbonyl (C=O) groups is 1. The average Bonchev–Trinajstić information content (AvgIpc) is 2.56. The minimum atomic E-state index is -0.102. The molecule has 0 aliphatic carbocycles. The molecule has 2 atom stereocenters. The molecule has 0 radical (unpaired) electrons. The van der Waals surface area contributed by atoms with Gasteiger partial charge in [0.05, 0.1) is 6.61 Å². The molecule has 1 fully saturated rings. The molecule has 1 N–H and O–H groups in total. The zero-order chi connectivity index (χ0) is 8.97. The fourth-order valence-electron chi connectivity index (χ4n) is 1.35. The van der Waals surface area contributed by atoms with Crippen molar-refractivity contribution < 1.29 is 9.53 Å². The molecule has 3 nitrogen and oxygen atoms in total. The Kier molecular flexibility index (Phi) is 3.29. The van der Waals surface area contributed by atoms with E-state index in [1.165, 1.54) is 6.08 Å². The number of hydrogen-bond acceptors (Lipinski definition) is 2. The first-order chi connectivity index (χ1) is 5.74. The van der Waals surface area contributed by atoms with E-state index in [1.54, 1.807) is 0 Å². The molecule has 0 aromatic rings. The van der Waals surface area contributed by atoms with E-state index >= 15 is 0 Å². The van der Waals surface area contributed by atoms with Crippen LogP contribution in [0.3, 0.4) is 0 Å². The van der Waals surface area contributed by atoms with Crippen LogP contribution in [-0.2, 0) is 9.53 Å². The molecular formula is C9H15NO2. The maximum absolute atomic E-state index is 10.9. The summed E-state index contributed by atoms with van der Waals surface area (Å²) in [6.07, 6.45) is 2.34. The highest BCUT2D eigenvalue weighted by Gasteiger charge is 2.22. The van der Waals surface area contributed by atoms with Gasteiger partial charge in [-0.05, 0) is 19.4 Å². The zero-order valence-corrected chi connectivity index (χ0v) is 7.38. The summed E-state index contributed by atoms with van der Waals surface area (Å²) in [6.45, 7) is 6.98. The number of nitrogens with one attached hydrogen (secondary N) is 1. The molecule has 2 unspecified atom stereocenters. The van der Waals surface area contributed by atoms with Crippen molar-refractivity contribution in [1.82, 2.24) is 5.32 Å². The highest BCUT2D eigenvalue weighted by molar-refractivity contribution is 5.87. The highest BCUT2D eigenvalue weighted by Crippen LogP contribution is 2.15. The smallest absolute Gasteiger partial charge is 0.243 e. The molecular weight excluding hydrogens is 154 g/mol. The summed E-state index contributed by atoms with van der Waals surface area (Å²) in [5.74, 6) is 0.364. The van der Waals surface area contributed by atoms with E-state index in [4.69, 9.17) is 4.74 Å². The zero-order valence-electron chi connectivity index (χ0n) is 7.38. The van der Waals surface area contributed by atoms with Crippen molar-refractivity contribution in [3.63, 3.8) is 0 Å². The van der Waals surface area contributed by atoms with Crippen LogP contribution in [0.5, 0.6) is 0 Å². The van der Waals surface area contributed by atoms with E-state index < -0.39 is 0 Å². The third-order valence-corrected chi connectivity index (χ3v) is 2.23. The quantitative estimate of drug-likeness (QED) is 0.632. The lowest BCUT2D eigenvalue weighted by Crippen LogP contribution is -2.37. The molecule has 0 bridgehead atoms. The number of ether oxygens (including phenoxy) is 1. The number of hydrogen-bond donors (Lipinski definition) is 1. The number of amides is 1. The number of carbonyl (C=O) groups excluding carboxylic acids is 1. The Morgan fingerprint density at radius 2 is 2.58 bits per heavy atom. The van der Waals surface area contributed by atoms with E-state index in [9.17, 15) is 4.79 Å². The first kappa shape index (κ1) is 9.26. The second kappa shape index (κ2) is 4.26. The Morgan fingerprint density at radius 1 is 1.83 bits per heavy atom. The van der Waals surface area contributed by atoms with Gasteiger partial charge >= 0.3 is 0 Å². The van der Waals surface area contributed by atoms with Gasteiger partial charge in [-0.3, -0.25) is 4.79 Å². The monoisotopic (exact) mass is 169 g/mol. The van der Waals surface area contributed by atoms with E-state index in [1.807, 2.05) is 6.92 Å². The minimum Gasteiger partial charge on any atom is -0.381 e. The van der Waals surface area contributed by atoms with Gasteiger partial charge in [-0.25, -0.2) is 0 Å². The summed E-state index contributed by atoms with van der Waals surface area (Å²) in [5.41, 5.74) is 0. The van der Waals surface area contributed by atoms with Gasteiger partial charge in [-0.15, -0.1) is 0 Å². The van der Waals surface area contributed by atoms with Crippen LogP contribution >= 0.6 is 0 Å². The van der Waals surface area contributed by atoms with Crippen LogP contribution in [0.1, 0.15) is 13.3 Å². The molecule has 1 saturated heterocycles. The van der Waals surface area contributed by atoms with Crippen molar-refractivity contribution in [2.45, 2.75) is 19.4 Å². The van der Waals surface area contributed by atoms with Gasteiger partial charge in [0, 0.05) is 18.6 Å². The van der Waals surface area contributed by atoms with Gasteiger partial charge < -0.3 is 10.1 Å². The first-order valence-corrected chi connectivity index (χ1v) is 4.24. The van der Waals surface area contributed by atoms with Crippen LogP contribution in [0, 0.1) is 5.92 Å². The Labute approximate surface area is 72.8 Å². The van der Waals surface area contributed by atoms with Crippen molar-refractivity contribution >= 4 is 5.91 Å². The average molecular weight is 169 g/mol. The van der Waals surface area contributed by atoms with Crippen LogP contribution in [0.2, 0.25) is 0 Å². The molecule has 1 aliphatic heterocycles. The second-order valence-electron chi connectivity index (χ2n) is 3.13. The molecule has 1 rings (SSSR count). The normalized spacial score (nSPS) is 24.9. The predicted octanol–water partition coefficient (Wildman–Crippen LogP) is 0.714. The van der Waals surface area contributed by atoms with Crippen LogP contribution < -0.4 is 5.32 Å². The van der Waals surface area contributed by atoms with Gasteiger partial charge in [0.25, 0.3) is 0 Å². The van der Waals surface area contributed by atoms with Crippen molar-refractivity contribution in [3.05, 3.63) is 12.7 Å². The molecule has 12 heavy (non-hydrogen) atoms. The lowest BCUT2D eigenvalue weighted by molar-refractivity contribution is -0.117. The van der Waals surface area contributed by atoms with Crippen LogP contribution in [0.15, 0.2) is 12.7 Å². The van der Waals surface area contributed by atoms with Gasteiger partial charge in [-0.1, -0.05) is 6.58 Å². The molecule has 1 aliphatic rings. The molecule has 68 valence electrons. The van der Waals surface area contributed by atoms with E-state index in [0.29, 0.717) is 5.92 Å². The summed E-state index contributed by atoms with van der Waals surface area (Å²) < 4.78 is 5.22. The Balaban J connectivity index is 2.31. The fourth-order valence-corrected chi connectivity index (χ4v) is 1.35. The second-order valence-corrected chi connectivity index (χ2v) is 3.13. The van der Waals surface area contributed by atoms with Crippen molar-refractivity contribution in [1.29, 1.82) is 0 Å². The van der Waals surface area contributed by atoms with Gasteiger partial charge in [-0.2, -0.15) is 0 Å². The molecule has 3 heteroatoms. The largest absolute Gasteiger partial charge is 0.381 e. The fraction of sp³-hybridized carbons (Fsp3) is 0.667. The Morgan fingerprint density at radius 3 is 3.08 bits per heavy atom. The summed E-state index contributed by atoms with van der Waals surface area (Å²) in [5, 5.41) is 2.83. The highest BCUT2D eigenvalue weighted by atomic mass is 16.5. The first-order valence-electron chi connectivity index (χ1n) is 4.24. The summed E-state index contributed by atoms with van der Waals surface area (Å²) >= 11 is 0. The summed E-state index contributed by atoms with van der Waals surface area (Å²) in [6, 6.07) is 0.193. The van der Waals surface area contributed by atoms with Crippen molar-refractivity contribution in [2.24, 2.45) is 5.92 Å². The minimum absolute atomic E-state index is 0.102. The maximum atomic E-state index is 10.9. The molecule has 1 heterocycles. The van der Waals surface area contributed by atoms with E-state index in [-0.39, 0.29) is 11.9 Å². The van der Waals surface area contributed by atoms with Crippen molar-refractivity contribution in [3.8, 4) is 0 Å². The lowest BCUT2D eigenvalue weighted by atomic mass is 10.0. The molecule has 0 aromatic carbocycles. The topological polar surface area (TPSA) is 38.3 Å². The van der Waals surface area contributed by atoms with E-state index in [0.717, 1.165) is 19.6 Å². The molecule has 0 saturated carbocycles. The molecule has 1 amide bonds. The predicted molar refractivity (Wildman–Crippen MR) is 46.7 cm³/mol. The maximum Gasteiger partial charge on any atom is 0.243 e. The standard InChI is InChI=1S/C9H15NO2/c1-3-9(11)10-7(2)8-4-5-12-6-8/h3,7-8H,1,4-6H2,2H3,(H,10,11). The Hall–Kier alpha value is -0.830. The van der Waals surface area contributed by atoms with Crippen LogP contribution in [0.4, 0.5) is 0 Å². The third kappa shape index (κ3) is 2.34. The molecule has 0 spiro atoms. The lowest BCUT2D eigenvalue weighted by Gasteiger charge is -2.17. The van der Waals surface area contributed by atoms with Gasteiger partial charge in [0.2, 0.25) is 5.91 Å². The summed E-state index contributed by atoms with van der Waals surface area (Å²) in [7, 11) is 0. The van der Waals surface area contributed by atoms with Gasteiger partial charge in [0.15, 0.2) is 0 Å². The van der Waals surface area contributed by atoms with Crippen molar-refractivity contribution in [2.75, 3.05) is 13.2 Å². The van der Waals surface area contributed by atoms with Crippen LogP contribution in [0.25, 0.3) is 0 Å². The summed E-state index contributed by atoms with van der Waals surface area (Å²) in [4.78, 5) is 10.9. The SMILES string of the molecule is C=CC(=O)NC(C)C1CCOC1. The van der Waals surface area contributed by atoms with Gasteiger partial charge in [0.1, 0.15) is 0 Å². The third-order valence-electron chi connectivity index (χ3n) is 2.23. The molecule has 0 aromatic heterocycles.